The van der Waals surface area contributed by atoms with Crippen molar-refractivity contribution in [2.75, 3.05) is 0 Å². The van der Waals surface area contributed by atoms with E-state index in [4.69, 9.17) is 0 Å². The van der Waals surface area contributed by atoms with E-state index in [0.717, 1.165) is 0 Å². The fourth-order valence-corrected chi connectivity index (χ4v) is 3.11. The van der Waals surface area contributed by atoms with Crippen LogP contribution in [0.4, 0.5) is 0 Å². The van der Waals surface area contributed by atoms with Crippen molar-refractivity contribution in [2.24, 2.45) is 0 Å². The van der Waals surface area contributed by atoms with Crippen molar-refractivity contribution in [1.82, 2.24) is 0 Å². The maximum atomic E-state index is 2.40. The van der Waals surface area contributed by atoms with Crippen LogP contribution in [-0.2, 0) is 0 Å². The summed E-state index contributed by atoms with van der Waals surface area (Å²) < 4.78 is 1.57. The van der Waals surface area contributed by atoms with Gasteiger partial charge in [-0.15, -0.1) is 0 Å². The molecule has 1 aromatic carbocycles. The molecule has 54 valence electrons. The second-order valence-electron chi connectivity index (χ2n) is 3.35. The predicted octanol–water partition coefficient (Wildman–Crippen LogP) is 2.23. The summed E-state index contributed by atoms with van der Waals surface area (Å²) in [5.41, 5.74) is 7.19. The maximum absolute atomic E-state index is 2.40. The minimum absolute atomic E-state index is 1.35. The van der Waals surface area contributed by atoms with E-state index in [0.29, 0.717) is 0 Å². The van der Waals surface area contributed by atoms with Gasteiger partial charge in [-0.3, -0.25) is 0 Å². The molecule has 0 atom stereocenters. The first kappa shape index (κ1) is 7.88. The average molecular weight is 197 g/mol. The summed E-state index contributed by atoms with van der Waals surface area (Å²) in [6.07, 6.45) is 0. The number of rotatable bonds is 1. The summed E-state index contributed by atoms with van der Waals surface area (Å²) in [5, 5.41) is 0. The van der Waals surface area contributed by atoms with Crippen LogP contribution in [-0.4, -0.2) is 13.6 Å². The summed E-state index contributed by atoms with van der Waals surface area (Å²) in [4.78, 5) is 0. The summed E-state index contributed by atoms with van der Waals surface area (Å²) in [5.74, 6) is 0. The van der Waals surface area contributed by atoms with E-state index in [9.17, 15) is 0 Å². The van der Waals surface area contributed by atoms with Gasteiger partial charge in [0.1, 0.15) is 0 Å². The van der Waals surface area contributed by atoms with E-state index in [1.165, 1.54) is 0 Å². The summed E-state index contributed by atoms with van der Waals surface area (Å²) in [6, 6.07) is 10.8. The zero-order valence-corrected chi connectivity index (χ0v) is 8.71. The Morgan fingerprint density at radius 3 is 1.70 bits per heavy atom. The summed E-state index contributed by atoms with van der Waals surface area (Å²) in [6.45, 7) is 0. The van der Waals surface area contributed by atoms with Gasteiger partial charge in [0.25, 0.3) is 0 Å². The zero-order valence-electron chi connectivity index (χ0n) is 6.83. The number of hydrogen-bond acceptors (Lipinski definition) is 0. The van der Waals surface area contributed by atoms with Gasteiger partial charge in [-0.2, -0.15) is 0 Å². The van der Waals surface area contributed by atoms with Gasteiger partial charge >= 0.3 is 65.4 Å². The van der Waals surface area contributed by atoms with E-state index >= 15 is 0 Å². The molecular weight excluding hydrogens is 183 g/mol. The Morgan fingerprint density at radius 1 is 0.900 bits per heavy atom. The molecule has 0 radical (unpaired) electrons. The molecular formula is C9H14As+. The molecule has 0 N–H and O–H groups in total. The monoisotopic (exact) mass is 197 g/mol. The molecule has 1 aromatic rings. The molecule has 0 bridgehead atoms. The molecule has 0 saturated carbocycles. The molecule has 10 heavy (non-hydrogen) atoms. The van der Waals surface area contributed by atoms with Gasteiger partial charge in [0.2, 0.25) is 0 Å². The third-order valence-electron chi connectivity index (χ3n) is 1.53. The van der Waals surface area contributed by atoms with E-state index in [1.807, 2.05) is 0 Å². The average Bonchev–Trinajstić information content (AvgIpc) is 1.88. The fraction of sp³-hybridized carbons (Fsp3) is 0.333. The van der Waals surface area contributed by atoms with Crippen LogP contribution in [0.5, 0.6) is 0 Å². The van der Waals surface area contributed by atoms with E-state index in [-0.39, 0.29) is 0 Å². The molecule has 0 amide bonds. The molecule has 1 rings (SSSR count). The molecule has 0 aliphatic rings. The standard InChI is InChI=1S/C9H14As/c1-10(2,3)9-7-5-4-6-8-9/h4-8H,1-3H3/q+1. The Balaban J connectivity index is 2.97. The third-order valence-corrected chi connectivity index (χ3v) is 5.41. The molecule has 0 saturated heterocycles. The Labute approximate surface area is 65.7 Å². The molecule has 1 heteroatoms. The van der Waals surface area contributed by atoms with Gasteiger partial charge in [-0.1, -0.05) is 0 Å². The molecule has 0 spiro atoms. The van der Waals surface area contributed by atoms with Crippen molar-refractivity contribution in [3.05, 3.63) is 30.3 Å². The van der Waals surface area contributed by atoms with Gasteiger partial charge in [0.05, 0.1) is 0 Å². The van der Waals surface area contributed by atoms with Gasteiger partial charge in [-0.05, 0) is 0 Å². The number of hydrogen-bond donors (Lipinski definition) is 0. The minimum atomic E-state index is -1.35. The van der Waals surface area contributed by atoms with Gasteiger partial charge in [0.15, 0.2) is 0 Å². The van der Waals surface area contributed by atoms with Crippen molar-refractivity contribution in [1.29, 1.82) is 0 Å². The molecule has 0 unspecified atom stereocenters. The van der Waals surface area contributed by atoms with Crippen molar-refractivity contribution >= 4 is 17.9 Å². The summed E-state index contributed by atoms with van der Waals surface area (Å²) >= 11 is -1.35. The number of benzene rings is 1. The van der Waals surface area contributed by atoms with Crippen LogP contribution >= 0.6 is 0 Å². The first-order valence-corrected chi connectivity index (χ1v) is 10.0. The van der Waals surface area contributed by atoms with Crippen molar-refractivity contribution in [2.45, 2.75) is 17.1 Å². The molecule has 0 heterocycles. The molecule has 0 aliphatic carbocycles. The van der Waals surface area contributed by atoms with E-state index in [2.05, 4.69) is 47.5 Å². The first-order valence-electron chi connectivity index (χ1n) is 3.48. The van der Waals surface area contributed by atoms with Crippen LogP contribution in [0.1, 0.15) is 0 Å². The van der Waals surface area contributed by atoms with Crippen molar-refractivity contribution in [3.63, 3.8) is 0 Å². The molecule has 0 fully saturated rings. The normalized spacial score (nSPS) is 11.5. The van der Waals surface area contributed by atoms with Crippen LogP contribution in [0.25, 0.3) is 0 Å². The van der Waals surface area contributed by atoms with Crippen LogP contribution in [0.2, 0.25) is 17.1 Å². The van der Waals surface area contributed by atoms with Crippen LogP contribution in [0.15, 0.2) is 30.3 Å². The van der Waals surface area contributed by atoms with E-state index < -0.39 is 13.6 Å². The summed E-state index contributed by atoms with van der Waals surface area (Å²) in [7, 11) is 0. The Morgan fingerprint density at radius 2 is 1.40 bits per heavy atom. The van der Waals surface area contributed by atoms with Crippen molar-refractivity contribution in [3.8, 4) is 0 Å². The van der Waals surface area contributed by atoms with Crippen LogP contribution < -0.4 is 4.35 Å². The van der Waals surface area contributed by atoms with Crippen LogP contribution in [0, 0.1) is 0 Å². The third kappa shape index (κ3) is 1.88. The van der Waals surface area contributed by atoms with Crippen LogP contribution in [0.3, 0.4) is 0 Å². The SMILES string of the molecule is C[As+](C)(C)c1ccccc1. The van der Waals surface area contributed by atoms with E-state index in [1.54, 1.807) is 4.35 Å². The first-order chi connectivity index (χ1) is 4.61. The molecule has 0 nitrogen and oxygen atoms in total. The molecule has 0 aliphatic heterocycles. The fourth-order valence-electron chi connectivity index (χ4n) is 0.875. The Kier molecular flexibility index (Phi) is 2.20. The Bertz CT molecular complexity index is 196. The van der Waals surface area contributed by atoms with Crippen molar-refractivity contribution < 1.29 is 0 Å². The second-order valence-corrected chi connectivity index (χ2v) is 12.9. The van der Waals surface area contributed by atoms with Gasteiger partial charge < -0.3 is 0 Å². The molecule has 0 aromatic heterocycles. The Hall–Kier alpha value is -0.222. The van der Waals surface area contributed by atoms with Gasteiger partial charge in [-0.25, -0.2) is 0 Å². The van der Waals surface area contributed by atoms with Gasteiger partial charge in [0, 0.05) is 0 Å². The quantitative estimate of drug-likeness (QED) is 0.605. The zero-order chi connectivity index (χ0) is 7.61. The topological polar surface area (TPSA) is 0 Å². The predicted molar refractivity (Wildman–Crippen MR) is 49.4 cm³/mol. The second kappa shape index (κ2) is 2.80.